The van der Waals surface area contributed by atoms with Crippen molar-refractivity contribution in [2.75, 3.05) is 47.6 Å². The Hall–Kier alpha value is -1.46. The fourth-order valence-electron chi connectivity index (χ4n) is 3.59. The van der Waals surface area contributed by atoms with Gasteiger partial charge in [-0.2, -0.15) is 0 Å². The second-order valence-corrected chi connectivity index (χ2v) is 6.28. The Balaban J connectivity index is 1.77. The van der Waals surface area contributed by atoms with Crippen LogP contribution in [0, 0.1) is 5.41 Å². The number of ether oxygens (including phenoxy) is 4. The van der Waals surface area contributed by atoms with Crippen LogP contribution in [0.1, 0.15) is 18.4 Å². The molecule has 2 heterocycles. The van der Waals surface area contributed by atoms with Crippen molar-refractivity contribution in [1.29, 1.82) is 0 Å². The van der Waals surface area contributed by atoms with Gasteiger partial charge in [0.1, 0.15) is 5.75 Å². The summed E-state index contributed by atoms with van der Waals surface area (Å²) in [5, 5.41) is 0. The van der Waals surface area contributed by atoms with Crippen LogP contribution < -0.4 is 14.2 Å². The molecule has 3 rings (SSSR count). The van der Waals surface area contributed by atoms with Gasteiger partial charge in [-0.25, -0.2) is 0 Å². The molecule has 2 fully saturated rings. The Labute approximate surface area is 132 Å². The highest BCUT2D eigenvalue weighted by Gasteiger charge is 2.41. The van der Waals surface area contributed by atoms with Crippen molar-refractivity contribution in [1.82, 2.24) is 4.90 Å². The molecule has 2 saturated heterocycles. The number of hydrogen-bond donors (Lipinski definition) is 0. The van der Waals surface area contributed by atoms with Crippen molar-refractivity contribution in [2.45, 2.75) is 19.4 Å². The molecular formula is C17H25NO4. The molecule has 0 saturated carbocycles. The van der Waals surface area contributed by atoms with Gasteiger partial charge in [0.05, 0.1) is 27.9 Å². The second-order valence-electron chi connectivity index (χ2n) is 6.28. The molecule has 22 heavy (non-hydrogen) atoms. The molecule has 1 atom stereocenters. The molecule has 122 valence electrons. The van der Waals surface area contributed by atoms with E-state index in [0.717, 1.165) is 49.9 Å². The first-order valence-electron chi connectivity index (χ1n) is 7.79. The number of nitrogens with zero attached hydrogens (tertiary/aromatic N) is 1. The number of benzene rings is 1. The molecule has 1 aromatic carbocycles. The van der Waals surface area contributed by atoms with Gasteiger partial charge in [0.15, 0.2) is 11.5 Å². The van der Waals surface area contributed by atoms with E-state index in [1.54, 1.807) is 21.3 Å². The van der Waals surface area contributed by atoms with Crippen molar-refractivity contribution < 1.29 is 18.9 Å². The predicted octanol–water partition coefficient (Wildman–Crippen LogP) is 2.32. The summed E-state index contributed by atoms with van der Waals surface area (Å²) in [6.07, 6.45) is 2.41. The van der Waals surface area contributed by atoms with Gasteiger partial charge in [-0.3, -0.25) is 4.90 Å². The molecule has 0 bridgehead atoms. The Kier molecular flexibility index (Phi) is 4.45. The van der Waals surface area contributed by atoms with Crippen LogP contribution in [0.15, 0.2) is 12.1 Å². The van der Waals surface area contributed by atoms with Gasteiger partial charge in [0.25, 0.3) is 0 Å². The van der Waals surface area contributed by atoms with E-state index in [4.69, 9.17) is 18.9 Å². The van der Waals surface area contributed by atoms with E-state index in [2.05, 4.69) is 4.90 Å². The van der Waals surface area contributed by atoms with E-state index in [0.29, 0.717) is 11.2 Å². The molecular weight excluding hydrogens is 282 g/mol. The lowest BCUT2D eigenvalue weighted by atomic mass is 9.87. The van der Waals surface area contributed by atoms with Crippen molar-refractivity contribution >= 4 is 0 Å². The van der Waals surface area contributed by atoms with Crippen LogP contribution in [0.2, 0.25) is 0 Å². The zero-order valence-corrected chi connectivity index (χ0v) is 13.7. The van der Waals surface area contributed by atoms with Gasteiger partial charge in [-0.15, -0.1) is 0 Å². The standard InChI is InChI=1S/C17H25NO4/c1-19-14-9-16(21-3)15(20-2)8-13(14)10-18-6-4-17(11-18)5-7-22-12-17/h8-9H,4-7,10-12H2,1-3H3. The maximum atomic E-state index is 5.60. The molecule has 1 spiro atoms. The van der Waals surface area contributed by atoms with Crippen LogP contribution in [-0.4, -0.2) is 52.5 Å². The molecule has 0 amide bonds. The highest BCUT2D eigenvalue weighted by molar-refractivity contribution is 5.50. The predicted molar refractivity (Wildman–Crippen MR) is 83.9 cm³/mol. The normalized spacial score (nSPS) is 24.9. The first kappa shape index (κ1) is 15.4. The van der Waals surface area contributed by atoms with E-state index in [9.17, 15) is 0 Å². The van der Waals surface area contributed by atoms with Gasteiger partial charge in [-0.1, -0.05) is 0 Å². The maximum absolute atomic E-state index is 5.60. The number of hydrogen-bond acceptors (Lipinski definition) is 5. The van der Waals surface area contributed by atoms with E-state index >= 15 is 0 Å². The summed E-state index contributed by atoms with van der Waals surface area (Å²) in [5.41, 5.74) is 1.51. The lowest BCUT2D eigenvalue weighted by Crippen LogP contribution is -2.27. The Morgan fingerprint density at radius 1 is 1.05 bits per heavy atom. The third kappa shape index (κ3) is 2.88. The Bertz CT molecular complexity index is 526. The summed E-state index contributed by atoms with van der Waals surface area (Å²) in [5.74, 6) is 2.29. The average Bonchev–Trinajstić information content (AvgIpc) is 3.17. The summed E-state index contributed by atoms with van der Waals surface area (Å²) in [4.78, 5) is 2.48. The molecule has 1 unspecified atom stereocenters. The molecule has 0 aliphatic carbocycles. The minimum atomic E-state index is 0.379. The first-order chi connectivity index (χ1) is 10.7. The van der Waals surface area contributed by atoms with Crippen LogP contribution in [0.25, 0.3) is 0 Å². The van der Waals surface area contributed by atoms with Gasteiger partial charge in [-0.05, 0) is 25.5 Å². The third-order valence-electron chi connectivity index (χ3n) is 4.88. The maximum Gasteiger partial charge on any atom is 0.164 e. The highest BCUT2D eigenvalue weighted by Crippen LogP contribution is 2.40. The van der Waals surface area contributed by atoms with Crippen molar-refractivity contribution in [3.05, 3.63) is 17.7 Å². The molecule has 0 aromatic heterocycles. The smallest absolute Gasteiger partial charge is 0.164 e. The SMILES string of the molecule is COc1cc(OC)c(OC)cc1CN1CCC2(CCOC2)C1. The zero-order valence-electron chi connectivity index (χ0n) is 13.7. The number of rotatable bonds is 5. The Morgan fingerprint density at radius 3 is 2.41 bits per heavy atom. The van der Waals surface area contributed by atoms with Gasteiger partial charge < -0.3 is 18.9 Å². The summed E-state index contributed by atoms with van der Waals surface area (Å²) in [7, 11) is 5.00. The van der Waals surface area contributed by atoms with Gasteiger partial charge in [0, 0.05) is 36.7 Å². The monoisotopic (exact) mass is 307 g/mol. The minimum absolute atomic E-state index is 0.379. The van der Waals surface area contributed by atoms with Crippen molar-refractivity contribution in [3.63, 3.8) is 0 Å². The van der Waals surface area contributed by atoms with E-state index < -0.39 is 0 Å². The summed E-state index contributed by atoms with van der Waals surface area (Å²) in [6, 6.07) is 3.92. The fraction of sp³-hybridized carbons (Fsp3) is 0.647. The quantitative estimate of drug-likeness (QED) is 0.835. The average molecular weight is 307 g/mol. The first-order valence-corrected chi connectivity index (χ1v) is 7.79. The lowest BCUT2D eigenvalue weighted by Gasteiger charge is -2.23. The summed E-state index contributed by atoms with van der Waals surface area (Å²) >= 11 is 0. The Morgan fingerprint density at radius 2 is 1.77 bits per heavy atom. The van der Waals surface area contributed by atoms with Crippen LogP contribution in [0.4, 0.5) is 0 Å². The second kappa shape index (κ2) is 6.34. The third-order valence-corrected chi connectivity index (χ3v) is 4.88. The van der Waals surface area contributed by atoms with Crippen molar-refractivity contribution in [2.24, 2.45) is 5.41 Å². The fourth-order valence-corrected chi connectivity index (χ4v) is 3.59. The highest BCUT2D eigenvalue weighted by atomic mass is 16.5. The molecule has 5 heteroatoms. The molecule has 0 N–H and O–H groups in total. The van der Waals surface area contributed by atoms with E-state index in [-0.39, 0.29) is 0 Å². The van der Waals surface area contributed by atoms with Gasteiger partial charge in [0.2, 0.25) is 0 Å². The molecule has 2 aliphatic rings. The summed E-state index contributed by atoms with van der Waals surface area (Å²) in [6.45, 7) is 4.90. The molecule has 5 nitrogen and oxygen atoms in total. The number of methoxy groups -OCH3 is 3. The van der Waals surface area contributed by atoms with Crippen molar-refractivity contribution in [3.8, 4) is 17.2 Å². The topological polar surface area (TPSA) is 40.2 Å². The zero-order chi connectivity index (χ0) is 15.6. The molecule has 0 radical (unpaired) electrons. The molecule has 1 aromatic rings. The van der Waals surface area contributed by atoms with Crippen LogP contribution in [0.3, 0.4) is 0 Å². The minimum Gasteiger partial charge on any atom is -0.496 e. The molecule has 2 aliphatic heterocycles. The van der Waals surface area contributed by atoms with Crippen LogP contribution in [-0.2, 0) is 11.3 Å². The van der Waals surface area contributed by atoms with Crippen LogP contribution in [0.5, 0.6) is 17.2 Å². The van der Waals surface area contributed by atoms with E-state index in [1.165, 1.54) is 12.8 Å². The summed E-state index contributed by atoms with van der Waals surface area (Å²) < 4.78 is 21.9. The van der Waals surface area contributed by atoms with E-state index in [1.807, 2.05) is 12.1 Å². The lowest BCUT2D eigenvalue weighted by molar-refractivity contribution is 0.151. The van der Waals surface area contributed by atoms with Crippen LogP contribution >= 0.6 is 0 Å². The largest absolute Gasteiger partial charge is 0.496 e. The van der Waals surface area contributed by atoms with Gasteiger partial charge >= 0.3 is 0 Å². The number of likely N-dealkylation sites (tertiary alicyclic amines) is 1.